The van der Waals surface area contributed by atoms with Gasteiger partial charge in [-0.05, 0) is 26.3 Å². The molecular formula is C13H21NO2. The van der Waals surface area contributed by atoms with Gasteiger partial charge in [0.1, 0.15) is 5.78 Å². The quantitative estimate of drug-likeness (QED) is 0.678. The van der Waals surface area contributed by atoms with Crippen LogP contribution in [0.3, 0.4) is 0 Å². The summed E-state index contributed by atoms with van der Waals surface area (Å²) in [4.78, 5) is 14.4. The van der Waals surface area contributed by atoms with E-state index in [0.717, 1.165) is 32.5 Å². The molecule has 3 heteroatoms. The molecule has 0 aromatic rings. The van der Waals surface area contributed by atoms with Crippen molar-refractivity contribution in [3.8, 4) is 0 Å². The summed E-state index contributed by atoms with van der Waals surface area (Å²) in [6, 6.07) is 0.898. The fraction of sp³-hybridized carbons (Fsp3) is 0.769. The number of ether oxygens (including phenoxy) is 1. The molecule has 2 atom stereocenters. The fourth-order valence-corrected chi connectivity index (χ4v) is 2.81. The zero-order chi connectivity index (χ0) is 11.5. The van der Waals surface area contributed by atoms with Crippen molar-refractivity contribution >= 4 is 5.78 Å². The Labute approximate surface area is 97.5 Å². The van der Waals surface area contributed by atoms with Gasteiger partial charge in [-0.3, -0.25) is 9.69 Å². The summed E-state index contributed by atoms with van der Waals surface area (Å²) >= 11 is 0. The van der Waals surface area contributed by atoms with E-state index in [-0.39, 0.29) is 5.92 Å². The molecule has 90 valence electrons. The maximum Gasteiger partial charge on any atom is 0.136 e. The molecule has 0 saturated carbocycles. The molecule has 0 radical (unpaired) electrons. The number of likely N-dealkylation sites (N-methyl/N-ethyl adjacent to an activating group) is 1. The minimum absolute atomic E-state index is 0.259. The molecule has 0 aromatic carbocycles. The molecule has 2 fully saturated rings. The number of carbonyl (C=O) groups is 1. The largest absolute Gasteiger partial charge is 0.378 e. The highest BCUT2D eigenvalue weighted by molar-refractivity contribution is 5.81. The smallest absolute Gasteiger partial charge is 0.136 e. The second kappa shape index (κ2) is 5.11. The molecule has 0 aromatic heterocycles. The van der Waals surface area contributed by atoms with Crippen molar-refractivity contribution in [1.29, 1.82) is 0 Å². The predicted octanol–water partition coefficient (Wildman–Crippen LogP) is 1.63. The van der Waals surface area contributed by atoms with Crippen LogP contribution in [0.4, 0.5) is 0 Å². The van der Waals surface area contributed by atoms with E-state index < -0.39 is 0 Å². The zero-order valence-corrected chi connectivity index (χ0v) is 10.0. The highest BCUT2D eigenvalue weighted by Gasteiger charge is 2.38. The van der Waals surface area contributed by atoms with Crippen LogP contribution < -0.4 is 0 Å². The maximum atomic E-state index is 12.0. The van der Waals surface area contributed by atoms with E-state index in [9.17, 15) is 4.79 Å². The molecule has 2 bridgehead atoms. The average Bonchev–Trinajstić information content (AvgIpc) is 2.25. The molecule has 2 aliphatic heterocycles. The van der Waals surface area contributed by atoms with E-state index in [4.69, 9.17) is 4.74 Å². The molecule has 2 unspecified atom stereocenters. The number of morpholine rings is 1. The van der Waals surface area contributed by atoms with Crippen LogP contribution in [0.15, 0.2) is 12.7 Å². The van der Waals surface area contributed by atoms with Gasteiger partial charge in [0.05, 0.1) is 13.2 Å². The van der Waals surface area contributed by atoms with E-state index in [0.29, 0.717) is 24.3 Å². The Hall–Kier alpha value is -0.670. The summed E-state index contributed by atoms with van der Waals surface area (Å²) < 4.78 is 5.55. The van der Waals surface area contributed by atoms with E-state index in [2.05, 4.69) is 18.5 Å². The lowest BCUT2D eigenvalue weighted by atomic mass is 9.82. The number of Topliss-reactive ketones (excluding diaryl/α,β-unsaturated/α-hetero) is 1. The van der Waals surface area contributed by atoms with Crippen LogP contribution >= 0.6 is 0 Å². The predicted molar refractivity (Wildman–Crippen MR) is 63.3 cm³/mol. The minimum Gasteiger partial charge on any atom is -0.378 e. The Morgan fingerprint density at radius 1 is 1.44 bits per heavy atom. The lowest BCUT2D eigenvalue weighted by Gasteiger charge is -2.46. The number of ketones is 1. The Bertz CT molecular complexity index is 263. The molecule has 2 saturated heterocycles. The average molecular weight is 223 g/mol. The van der Waals surface area contributed by atoms with Crippen molar-refractivity contribution in [3.05, 3.63) is 12.7 Å². The topological polar surface area (TPSA) is 29.5 Å². The standard InChI is InChI=1S/C13H21NO2/c1-3-4-5-13(15)10-6-11-8-16-9-12(7-10)14(11)2/h3,10-12H,1,4-9H2,2H3. The number of hydrogen-bond donors (Lipinski definition) is 0. The Balaban J connectivity index is 1.93. The summed E-state index contributed by atoms with van der Waals surface area (Å²) in [5.74, 6) is 0.681. The third-order valence-corrected chi connectivity index (χ3v) is 3.94. The van der Waals surface area contributed by atoms with Gasteiger partial charge in [0, 0.05) is 24.4 Å². The van der Waals surface area contributed by atoms with Gasteiger partial charge in [0.15, 0.2) is 0 Å². The van der Waals surface area contributed by atoms with E-state index >= 15 is 0 Å². The number of rotatable bonds is 4. The van der Waals surface area contributed by atoms with Crippen LogP contribution in [-0.4, -0.2) is 43.0 Å². The molecule has 0 N–H and O–H groups in total. The summed E-state index contributed by atoms with van der Waals surface area (Å²) in [5, 5.41) is 0. The molecule has 16 heavy (non-hydrogen) atoms. The lowest BCUT2D eigenvalue weighted by Crippen LogP contribution is -2.55. The van der Waals surface area contributed by atoms with Crippen molar-refractivity contribution in [3.63, 3.8) is 0 Å². The van der Waals surface area contributed by atoms with Crippen LogP contribution in [0.2, 0.25) is 0 Å². The van der Waals surface area contributed by atoms with Crippen LogP contribution in [0.1, 0.15) is 25.7 Å². The van der Waals surface area contributed by atoms with Gasteiger partial charge in [0.25, 0.3) is 0 Å². The molecule has 0 spiro atoms. The number of allylic oxidation sites excluding steroid dienone is 1. The van der Waals surface area contributed by atoms with Crippen LogP contribution in [0.25, 0.3) is 0 Å². The van der Waals surface area contributed by atoms with Crippen LogP contribution in [0.5, 0.6) is 0 Å². The fourth-order valence-electron chi connectivity index (χ4n) is 2.81. The first-order valence-corrected chi connectivity index (χ1v) is 6.15. The molecule has 3 nitrogen and oxygen atoms in total. The third kappa shape index (κ3) is 2.36. The van der Waals surface area contributed by atoms with Crippen LogP contribution in [-0.2, 0) is 9.53 Å². The van der Waals surface area contributed by atoms with E-state index in [1.54, 1.807) is 0 Å². The number of hydrogen-bond acceptors (Lipinski definition) is 3. The second-order valence-electron chi connectivity index (χ2n) is 4.97. The minimum atomic E-state index is 0.259. The van der Waals surface area contributed by atoms with Gasteiger partial charge in [0.2, 0.25) is 0 Å². The van der Waals surface area contributed by atoms with Crippen molar-refractivity contribution in [1.82, 2.24) is 4.90 Å². The summed E-state index contributed by atoms with van der Waals surface area (Å²) in [5.41, 5.74) is 0. The highest BCUT2D eigenvalue weighted by Crippen LogP contribution is 2.31. The van der Waals surface area contributed by atoms with E-state index in [1.165, 1.54) is 0 Å². The Morgan fingerprint density at radius 2 is 2.06 bits per heavy atom. The van der Waals surface area contributed by atoms with Crippen molar-refractivity contribution in [2.45, 2.75) is 37.8 Å². The first kappa shape index (κ1) is 11.8. The number of fused-ring (bicyclic) bond motifs is 2. The molecule has 2 aliphatic rings. The Morgan fingerprint density at radius 3 is 2.62 bits per heavy atom. The lowest BCUT2D eigenvalue weighted by molar-refractivity contribution is -0.131. The van der Waals surface area contributed by atoms with E-state index in [1.807, 2.05) is 6.08 Å². The molecule has 0 aliphatic carbocycles. The molecular weight excluding hydrogens is 202 g/mol. The maximum absolute atomic E-state index is 12.0. The van der Waals surface area contributed by atoms with Crippen LogP contribution in [0, 0.1) is 5.92 Å². The van der Waals surface area contributed by atoms with Crippen molar-refractivity contribution in [2.75, 3.05) is 20.3 Å². The van der Waals surface area contributed by atoms with Gasteiger partial charge in [-0.2, -0.15) is 0 Å². The van der Waals surface area contributed by atoms with Gasteiger partial charge in [-0.15, -0.1) is 6.58 Å². The highest BCUT2D eigenvalue weighted by atomic mass is 16.5. The Kier molecular flexibility index (Phi) is 3.77. The van der Waals surface area contributed by atoms with Crippen molar-refractivity contribution < 1.29 is 9.53 Å². The first-order valence-electron chi connectivity index (χ1n) is 6.15. The summed E-state index contributed by atoms with van der Waals surface area (Å²) in [6.45, 7) is 5.25. The SMILES string of the molecule is C=CCCC(=O)C1CC2COCC(C1)N2C. The van der Waals surface area contributed by atoms with Gasteiger partial charge in [-0.25, -0.2) is 0 Å². The summed E-state index contributed by atoms with van der Waals surface area (Å²) in [7, 11) is 2.16. The summed E-state index contributed by atoms with van der Waals surface area (Å²) in [6.07, 6.45) is 5.26. The first-order chi connectivity index (χ1) is 7.72. The normalized spacial score (nSPS) is 34.7. The van der Waals surface area contributed by atoms with Gasteiger partial charge < -0.3 is 4.74 Å². The third-order valence-electron chi connectivity index (χ3n) is 3.94. The van der Waals surface area contributed by atoms with Gasteiger partial charge >= 0.3 is 0 Å². The van der Waals surface area contributed by atoms with Gasteiger partial charge in [-0.1, -0.05) is 6.08 Å². The molecule has 0 amide bonds. The zero-order valence-electron chi connectivity index (χ0n) is 10.0. The number of nitrogens with zero attached hydrogens (tertiary/aromatic N) is 1. The number of carbonyl (C=O) groups excluding carboxylic acids is 1. The van der Waals surface area contributed by atoms with Crippen molar-refractivity contribution in [2.24, 2.45) is 5.92 Å². The second-order valence-corrected chi connectivity index (χ2v) is 4.97. The number of piperidine rings is 1. The molecule has 2 heterocycles. The monoisotopic (exact) mass is 223 g/mol. The molecule has 2 rings (SSSR count).